The maximum atomic E-state index is 8.76. The van der Waals surface area contributed by atoms with E-state index in [0.717, 1.165) is 53.9 Å². The van der Waals surface area contributed by atoms with E-state index in [1.807, 2.05) is 56.3 Å². The summed E-state index contributed by atoms with van der Waals surface area (Å²) in [6.07, 6.45) is 4.02. The number of nitrogens with zero attached hydrogens (tertiary/aromatic N) is 2. The highest BCUT2D eigenvalue weighted by molar-refractivity contribution is 5.53. The molecule has 0 aromatic heterocycles. The summed E-state index contributed by atoms with van der Waals surface area (Å²) in [5, 5.41) is 17.4. The molecule has 0 bridgehead atoms. The number of aliphatic hydroxyl groups excluding tert-OH is 1. The van der Waals surface area contributed by atoms with E-state index < -0.39 is 0 Å². The van der Waals surface area contributed by atoms with Gasteiger partial charge in [-0.3, -0.25) is 0 Å². The lowest BCUT2D eigenvalue weighted by Gasteiger charge is -2.11. The number of benzene rings is 2. The Hall–Kier alpha value is -2.20. The van der Waals surface area contributed by atoms with Crippen LogP contribution in [0.15, 0.2) is 52.7 Å². The molecule has 0 aliphatic heterocycles. The number of hydrogen-bond donors (Lipinski definition) is 1. The molecular formula is C20H26N2O2. The first kappa shape index (κ1) is 18.1. The summed E-state index contributed by atoms with van der Waals surface area (Å²) < 4.78 is 5.88. The van der Waals surface area contributed by atoms with E-state index in [2.05, 4.69) is 10.2 Å². The quantitative estimate of drug-likeness (QED) is 0.478. The third-order valence-corrected chi connectivity index (χ3v) is 3.83. The van der Waals surface area contributed by atoms with Gasteiger partial charge >= 0.3 is 0 Å². The second kappa shape index (κ2) is 9.83. The molecule has 4 heteroatoms. The minimum Gasteiger partial charge on any atom is -0.493 e. The van der Waals surface area contributed by atoms with Crippen LogP contribution in [0.2, 0.25) is 0 Å². The molecule has 24 heavy (non-hydrogen) atoms. The van der Waals surface area contributed by atoms with Crippen molar-refractivity contribution >= 4 is 11.4 Å². The molecule has 0 aliphatic rings. The minimum atomic E-state index is 0.276. The first-order valence-corrected chi connectivity index (χ1v) is 8.52. The number of hydrogen-bond acceptors (Lipinski definition) is 4. The molecular weight excluding hydrogens is 300 g/mol. The Morgan fingerprint density at radius 2 is 1.62 bits per heavy atom. The van der Waals surface area contributed by atoms with E-state index in [0.29, 0.717) is 6.61 Å². The fourth-order valence-corrected chi connectivity index (χ4v) is 2.39. The number of unbranched alkanes of at least 4 members (excludes halogenated alkanes) is 3. The van der Waals surface area contributed by atoms with E-state index in [4.69, 9.17) is 9.84 Å². The van der Waals surface area contributed by atoms with Crippen LogP contribution in [0.1, 0.15) is 36.8 Å². The fourth-order valence-electron chi connectivity index (χ4n) is 2.39. The summed E-state index contributed by atoms with van der Waals surface area (Å²) >= 11 is 0. The maximum Gasteiger partial charge on any atom is 0.122 e. The molecule has 2 aromatic carbocycles. The van der Waals surface area contributed by atoms with Crippen molar-refractivity contribution in [2.24, 2.45) is 10.2 Å². The Balaban J connectivity index is 1.94. The number of azo groups is 1. The van der Waals surface area contributed by atoms with Crippen LogP contribution in [0.25, 0.3) is 0 Å². The Labute approximate surface area is 144 Å². The summed E-state index contributed by atoms with van der Waals surface area (Å²) in [7, 11) is 0. The van der Waals surface area contributed by atoms with Gasteiger partial charge in [0.15, 0.2) is 0 Å². The molecule has 1 N–H and O–H groups in total. The van der Waals surface area contributed by atoms with E-state index >= 15 is 0 Å². The Kier molecular flexibility index (Phi) is 7.43. The lowest BCUT2D eigenvalue weighted by atomic mass is 10.1. The molecule has 0 aliphatic carbocycles. The molecule has 0 radical (unpaired) electrons. The molecule has 0 fully saturated rings. The molecule has 0 spiro atoms. The summed E-state index contributed by atoms with van der Waals surface area (Å²) in [5.74, 6) is 0.910. The zero-order chi connectivity index (χ0) is 17.2. The van der Waals surface area contributed by atoms with Gasteiger partial charge in [0.1, 0.15) is 5.75 Å². The summed E-state index contributed by atoms with van der Waals surface area (Å²) in [4.78, 5) is 0. The molecule has 4 nitrogen and oxygen atoms in total. The minimum absolute atomic E-state index is 0.276. The van der Waals surface area contributed by atoms with Crippen molar-refractivity contribution < 1.29 is 9.84 Å². The maximum absolute atomic E-state index is 8.76. The Bertz CT molecular complexity index is 654. The molecule has 0 heterocycles. The normalized spacial score (nSPS) is 11.1. The average Bonchev–Trinajstić information content (AvgIpc) is 2.60. The van der Waals surface area contributed by atoms with Crippen LogP contribution in [-0.4, -0.2) is 18.3 Å². The highest BCUT2D eigenvalue weighted by Gasteiger charge is 2.05. The van der Waals surface area contributed by atoms with Gasteiger partial charge in [-0.05, 0) is 68.5 Å². The Morgan fingerprint density at radius 1 is 0.875 bits per heavy atom. The third-order valence-electron chi connectivity index (χ3n) is 3.83. The van der Waals surface area contributed by atoms with Crippen molar-refractivity contribution in [3.63, 3.8) is 0 Å². The summed E-state index contributed by atoms with van der Waals surface area (Å²) in [6.45, 7) is 5.03. The lowest BCUT2D eigenvalue weighted by Crippen LogP contribution is -1.99. The van der Waals surface area contributed by atoms with Gasteiger partial charge in [-0.1, -0.05) is 24.6 Å². The van der Waals surface area contributed by atoms with Crippen molar-refractivity contribution in [2.45, 2.75) is 39.5 Å². The number of rotatable bonds is 9. The first-order chi connectivity index (χ1) is 11.7. The van der Waals surface area contributed by atoms with E-state index in [1.165, 1.54) is 0 Å². The third kappa shape index (κ3) is 5.78. The zero-order valence-corrected chi connectivity index (χ0v) is 14.5. The van der Waals surface area contributed by atoms with Crippen molar-refractivity contribution in [3.05, 3.63) is 53.6 Å². The topological polar surface area (TPSA) is 54.2 Å². The van der Waals surface area contributed by atoms with Crippen molar-refractivity contribution in [2.75, 3.05) is 13.2 Å². The van der Waals surface area contributed by atoms with Crippen LogP contribution in [0.4, 0.5) is 11.4 Å². The number of aryl methyl sites for hydroxylation is 2. The summed E-state index contributed by atoms with van der Waals surface area (Å²) in [6, 6.07) is 13.8. The van der Waals surface area contributed by atoms with E-state index in [9.17, 15) is 0 Å². The average molecular weight is 326 g/mol. The monoisotopic (exact) mass is 326 g/mol. The SMILES string of the molecule is Cc1cc(OCCCCCCO)c(C)cc1/N=N/c1ccccc1. The van der Waals surface area contributed by atoms with E-state index in [1.54, 1.807) is 0 Å². The molecule has 0 unspecified atom stereocenters. The largest absolute Gasteiger partial charge is 0.493 e. The number of ether oxygens (including phenoxy) is 1. The molecule has 0 atom stereocenters. The van der Waals surface area contributed by atoms with Gasteiger partial charge in [0.25, 0.3) is 0 Å². The fraction of sp³-hybridized carbons (Fsp3) is 0.400. The molecule has 2 rings (SSSR count). The van der Waals surface area contributed by atoms with Gasteiger partial charge < -0.3 is 9.84 Å². The van der Waals surface area contributed by atoms with Crippen LogP contribution in [0.5, 0.6) is 5.75 Å². The molecule has 128 valence electrons. The molecule has 0 saturated heterocycles. The van der Waals surface area contributed by atoms with Gasteiger partial charge in [-0.2, -0.15) is 10.2 Å². The van der Waals surface area contributed by atoms with Crippen molar-refractivity contribution in [1.29, 1.82) is 0 Å². The van der Waals surface area contributed by atoms with Crippen LogP contribution in [-0.2, 0) is 0 Å². The van der Waals surface area contributed by atoms with Crippen LogP contribution in [0.3, 0.4) is 0 Å². The van der Waals surface area contributed by atoms with E-state index in [-0.39, 0.29) is 6.61 Å². The molecule has 2 aromatic rings. The van der Waals surface area contributed by atoms with Crippen LogP contribution < -0.4 is 4.74 Å². The second-order valence-corrected chi connectivity index (χ2v) is 5.93. The second-order valence-electron chi connectivity index (χ2n) is 5.93. The van der Waals surface area contributed by atoms with Crippen molar-refractivity contribution in [1.82, 2.24) is 0 Å². The van der Waals surface area contributed by atoms with Gasteiger partial charge in [-0.25, -0.2) is 0 Å². The lowest BCUT2D eigenvalue weighted by molar-refractivity contribution is 0.273. The van der Waals surface area contributed by atoms with Crippen molar-refractivity contribution in [3.8, 4) is 5.75 Å². The highest BCUT2D eigenvalue weighted by Crippen LogP contribution is 2.29. The predicted molar refractivity (Wildman–Crippen MR) is 97.6 cm³/mol. The van der Waals surface area contributed by atoms with Gasteiger partial charge in [0.2, 0.25) is 0 Å². The highest BCUT2D eigenvalue weighted by atomic mass is 16.5. The predicted octanol–water partition coefficient (Wildman–Crippen LogP) is 5.65. The van der Waals surface area contributed by atoms with Crippen LogP contribution >= 0.6 is 0 Å². The smallest absolute Gasteiger partial charge is 0.122 e. The van der Waals surface area contributed by atoms with Gasteiger partial charge in [0, 0.05) is 6.61 Å². The molecule has 0 saturated carbocycles. The number of aliphatic hydroxyl groups is 1. The summed E-state index contributed by atoms with van der Waals surface area (Å²) in [5.41, 5.74) is 3.83. The van der Waals surface area contributed by atoms with Gasteiger partial charge in [-0.15, -0.1) is 0 Å². The zero-order valence-electron chi connectivity index (χ0n) is 14.5. The standard InChI is InChI=1S/C20H26N2O2/c1-16-15-20(24-13-9-4-3-8-12-23)17(2)14-19(16)22-21-18-10-6-5-7-11-18/h5-7,10-11,14-15,23H,3-4,8-9,12-13H2,1-2H3/b22-21+. The first-order valence-electron chi connectivity index (χ1n) is 8.52. The van der Waals surface area contributed by atoms with Crippen LogP contribution in [0, 0.1) is 13.8 Å². The van der Waals surface area contributed by atoms with Gasteiger partial charge in [0.05, 0.1) is 18.0 Å². The molecule has 0 amide bonds. The Morgan fingerprint density at radius 3 is 2.38 bits per heavy atom.